The number of nitrogens with zero attached hydrogens (tertiary/aromatic N) is 4. The number of carbonyl (C=O) groups is 1. The first-order valence-electron chi connectivity index (χ1n) is 12.4. The Morgan fingerprint density at radius 3 is 2.40 bits per heavy atom. The van der Waals surface area contributed by atoms with E-state index >= 15 is 0 Å². The molecule has 1 aliphatic heterocycles. The maximum absolute atomic E-state index is 13.2. The third-order valence-corrected chi connectivity index (χ3v) is 6.34. The Morgan fingerprint density at radius 1 is 1.00 bits per heavy atom. The largest absolute Gasteiger partial charge is 0.573 e. The number of anilines is 2. The van der Waals surface area contributed by atoms with Gasteiger partial charge in [-0.05, 0) is 42.5 Å². The predicted octanol–water partition coefficient (Wildman–Crippen LogP) is 5.42. The van der Waals surface area contributed by atoms with E-state index in [-0.39, 0.29) is 42.1 Å². The summed E-state index contributed by atoms with van der Waals surface area (Å²) in [6.45, 7) is 0.778. The van der Waals surface area contributed by atoms with Crippen LogP contribution in [0.5, 0.6) is 5.75 Å². The summed E-state index contributed by atoms with van der Waals surface area (Å²) in [5, 5.41) is 5.41. The molecule has 2 aromatic carbocycles. The van der Waals surface area contributed by atoms with Gasteiger partial charge in [-0.3, -0.25) is 4.79 Å². The zero-order chi connectivity index (χ0) is 28.9. The van der Waals surface area contributed by atoms with Gasteiger partial charge >= 0.3 is 12.5 Å². The van der Waals surface area contributed by atoms with Crippen LogP contribution in [0.1, 0.15) is 30.4 Å². The Hall–Kier alpha value is -4.10. The van der Waals surface area contributed by atoms with Gasteiger partial charge in [0.25, 0.3) is 0 Å². The first-order valence-corrected chi connectivity index (χ1v) is 12.4. The summed E-state index contributed by atoms with van der Waals surface area (Å²) in [6, 6.07) is 10.4. The fourth-order valence-corrected chi connectivity index (χ4v) is 4.40. The number of piperidine rings is 1. The Kier molecular flexibility index (Phi) is 8.64. The van der Waals surface area contributed by atoms with E-state index in [0.29, 0.717) is 37.4 Å². The van der Waals surface area contributed by atoms with E-state index in [2.05, 4.69) is 30.3 Å². The average molecular weight is 569 g/mol. The monoisotopic (exact) mass is 568 g/mol. The van der Waals surface area contributed by atoms with Crippen molar-refractivity contribution < 1.29 is 35.9 Å². The number of rotatable bonds is 8. The summed E-state index contributed by atoms with van der Waals surface area (Å²) in [4.78, 5) is 27.4. The zero-order valence-corrected chi connectivity index (χ0v) is 21.3. The minimum absolute atomic E-state index is 0.000322. The molecule has 2 heterocycles. The molecule has 2 N–H and O–H groups in total. The van der Waals surface area contributed by atoms with E-state index in [4.69, 9.17) is 0 Å². The molecule has 1 amide bonds. The Labute approximate surface area is 225 Å². The van der Waals surface area contributed by atoms with Crippen molar-refractivity contribution in [2.45, 2.75) is 38.3 Å². The number of halogens is 6. The van der Waals surface area contributed by atoms with Gasteiger partial charge in [-0.2, -0.15) is 28.1 Å². The molecular formula is C26H26F6N6O2. The van der Waals surface area contributed by atoms with E-state index in [0.717, 1.165) is 6.07 Å². The van der Waals surface area contributed by atoms with Crippen LogP contribution in [0.4, 0.5) is 38.2 Å². The highest BCUT2D eigenvalue weighted by Gasteiger charge is 2.33. The number of benzene rings is 2. The summed E-state index contributed by atoms with van der Waals surface area (Å²) in [5.41, 5.74) is -0.471. The molecule has 40 heavy (non-hydrogen) atoms. The summed E-state index contributed by atoms with van der Waals surface area (Å²) in [5.74, 6) is -0.0285. The van der Waals surface area contributed by atoms with Gasteiger partial charge in [0.2, 0.25) is 17.8 Å². The van der Waals surface area contributed by atoms with Crippen LogP contribution in [-0.4, -0.2) is 47.4 Å². The Morgan fingerprint density at radius 2 is 1.73 bits per heavy atom. The van der Waals surface area contributed by atoms with E-state index in [9.17, 15) is 31.1 Å². The molecule has 0 radical (unpaired) electrons. The van der Waals surface area contributed by atoms with Gasteiger partial charge in [-0.1, -0.05) is 30.3 Å². The van der Waals surface area contributed by atoms with Gasteiger partial charge in [0.05, 0.1) is 5.56 Å². The number of aromatic nitrogens is 3. The van der Waals surface area contributed by atoms with Crippen molar-refractivity contribution in [2.24, 2.45) is 5.92 Å². The predicted molar refractivity (Wildman–Crippen MR) is 134 cm³/mol. The molecule has 0 bridgehead atoms. The van der Waals surface area contributed by atoms with Gasteiger partial charge in [-0.15, -0.1) is 13.2 Å². The van der Waals surface area contributed by atoms with Crippen LogP contribution < -0.4 is 20.3 Å². The van der Waals surface area contributed by atoms with Crippen molar-refractivity contribution in [3.63, 3.8) is 0 Å². The number of hydrogen-bond donors (Lipinski definition) is 2. The molecule has 0 unspecified atom stereocenters. The minimum atomic E-state index is -4.84. The molecule has 214 valence electrons. The van der Waals surface area contributed by atoms with Crippen LogP contribution in [0.15, 0.2) is 48.5 Å². The van der Waals surface area contributed by atoms with Gasteiger partial charge in [0, 0.05) is 38.7 Å². The Bertz CT molecular complexity index is 1330. The minimum Gasteiger partial charge on any atom is -0.406 e. The van der Waals surface area contributed by atoms with Crippen LogP contribution in [0.25, 0.3) is 11.4 Å². The van der Waals surface area contributed by atoms with Crippen LogP contribution in [0.3, 0.4) is 0 Å². The number of carbonyl (C=O) groups excluding carboxylic acids is 1. The van der Waals surface area contributed by atoms with Crippen molar-refractivity contribution in [3.8, 4) is 17.1 Å². The third-order valence-electron chi connectivity index (χ3n) is 6.34. The van der Waals surface area contributed by atoms with E-state index in [1.165, 1.54) is 36.4 Å². The van der Waals surface area contributed by atoms with Gasteiger partial charge in [-0.25, -0.2) is 0 Å². The van der Waals surface area contributed by atoms with Gasteiger partial charge in [0.15, 0.2) is 5.82 Å². The second kappa shape index (κ2) is 12.0. The third kappa shape index (κ3) is 7.73. The first-order chi connectivity index (χ1) is 18.9. The highest BCUT2D eigenvalue weighted by molar-refractivity contribution is 5.76. The van der Waals surface area contributed by atoms with E-state index in [1.54, 1.807) is 13.1 Å². The quantitative estimate of drug-likeness (QED) is 0.351. The summed E-state index contributed by atoms with van der Waals surface area (Å²) in [7, 11) is 1.60. The molecule has 8 nitrogen and oxygen atoms in total. The van der Waals surface area contributed by atoms with Crippen LogP contribution in [-0.2, 0) is 17.5 Å². The maximum Gasteiger partial charge on any atom is 0.573 e. The Balaban J connectivity index is 1.37. The topological polar surface area (TPSA) is 92.3 Å². The molecule has 0 saturated carbocycles. The fraction of sp³-hybridized carbons (Fsp3) is 0.385. The molecule has 14 heteroatoms. The number of nitrogens with one attached hydrogen (secondary N) is 2. The highest BCUT2D eigenvalue weighted by Crippen LogP contribution is 2.32. The summed E-state index contributed by atoms with van der Waals surface area (Å²) in [6.07, 6.45) is -7.96. The van der Waals surface area contributed by atoms with E-state index in [1.807, 2.05) is 4.90 Å². The number of ether oxygens (including phenoxy) is 1. The molecule has 4 rings (SSSR count). The number of alkyl halides is 6. The molecule has 1 fully saturated rings. The lowest BCUT2D eigenvalue weighted by molar-refractivity contribution is -0.274. The normalized spacial score (nSPS) is 14.6. The molecule has 1 aliphatic rings. The molecule has 0 atom stereocenters. The van der Waals surface area contributed by atoms with Crippen molar-refractivity contribution in [1.29, 1.82) is 0 Å². The highest BCUT2D eigenvalue weighted by atomic mass is 19.4. The summed E-state index contributed by atoms with van der Waals surface area (Å²) >= 11 is 0. The molecule has 1 aromatic heterocycles. The van der Waals surface area contributed by atoms with Crippen molar-refractivity contribution in [3.05, 3.63) is 59.7 Å². The van der Waals surface area contributed by atoms with Gasteiger partial charge in [0.1, 0.15) is 5.75 Å². The van der Waals surface area contributed by atoms with Crippen molar-refractivity contribution in [2.75, 3.05) is 30.4 Å². The zero-order valence-electron chi connectivity index (χ0n) is 21.3. The van der Waals surface area contributed by atoms with E-state index < -0.39 is 23.9 Å². The molecule has 0 spiro atoms. The average Bonchev–Trinajstić information content (AvgIpc) is 2.91. The maximum atomic E-state index is 13.2. The lowest BCUT2D eigenvalue weighted by Gasteiger charge is -2.32. The van der Waals surface area contributed by atoms with Crippen LogP contribution in [0, 0.1) is 5.92 Å². The van der Waals surface area contributed by atoms with Crippen molar-refractivity contribution in [1.82, 2.24) is 20.3 Å². The van der Waals surface area contributed by atoms with Gasteiger partial charge < -0.3 is 20.3 Å². The second-order valence-electron chi connectivity index (χ2n) is 9.17. The summed E-state index contributed by atoms with van der Waals surface area (Å²) < 4.78 is 81.5. The molecule has 0 aliphatic carbocycles. The van der Waals surface area contributed by atoms with Crippen LogP contribution >= 0.6 is 0 Å². The van der Waals surface area contributed by atoms with Crippen molar-refractivity contribution >= 4 is 17.8 Å². The molecular weight excluding hydrogens is 542 g/mol. The first kappa shape index (κ1) is 28.9. The second-order valence-corrected chi connectivity index (χ2v) is 9.17. The molecule has 3 aromatic rings. The number of hydrogen-bond acceptors (Lipinski definition) is 7. The number of amides is 1. The standard InChI is InChI=1S/C26H26F6N6O2/c1-33-23-35-22(17-6-4-7-19(14-17)40-26(30,31)32)36-24(37-23)38-11-9-16(10-12-38)13-21(39)34-15-18-5-2-3-8-20(18)25(27,28)29/h2-8,14,16H,9-13,15H2,1H3,(H,34,39)(H,33,35,36,37). The smallest absolute Gasteiger partial charge is 0.406 e. The fourth-order valence-electron chi connectivity index (χ4n) is 4.40. The lowest BCUT2D eigenvalue weighted by Crippen LogP contribution is -2.37. The van der Waals surface area contributed by atoms with Crippen LogP contribution in [0.2, 0.25) is 0 Å². The lowest BCUT2D eigenvalue weighted by atomic mass is 9.93. The SMILES string of the molecule is CNc1nc(-c2cccc(OC(F)(F)F)c2)nc(N2CCC(CC(=O)NCc3ccccc3C(F)(F)F)CC2)n1. The molecule has 1 saturated heterocycles.